The van der Waals surface area contributed by atoms with Crippen LogP contribution in [0.3, 0.4) is 0 Å². The monoisotopic (exact) mass is 263 g/mol. The number of nitrogens with zero attached hydrogens (tertiary/aromatic N) is 3. The molecule has 0 radical (unpaired) electrons. The van der Waals surface area contributed by atoms with Crippen molar-refractivity contribution in [3.05, 3.63) is 35.6 Å². The number of aromatic nitrogens is 3. The van der Waals surface area contributed by atoms with Gasteiger partial charge in [-0.1, -0.05) is 12.1 Å². The quantitative estimate of drug-likeness (QED) is 0.891. The number of nitrogens with one attached hydrogen (secondary N) is 1. The lowest BCUT2D eigenvalue weighted by atomic mass is 10.1. The van der Waals surface area contributed by atoms with Gasteiger partial charge in [-0.25, -0.2) is 9.07 Å². The molecule has 0 atom stereocenters. The van der Waals surface area contributed by atoms with Crippen LogP contribution in [0.4, 0.5) is 16.3 Å². The number of nitrogen functional groups attached to an aromatic ring is 1. The highest BCUT2D eigenvalue weighted by Gasteiger charge is 2.14. The van der Waals surface area contributed by atoms with Crippen molar-refractivity contribution in [3.8, 4) is 0 Å². The SMILES string of the molecule is CC(C)(C)Nc1nc(N)n(Cc2ccc(F)cc2)n1. The highest BCUT2D eigenvalue weighted by molar-refractivity contribution is 5.34. The molecule has 0 aliphatic heterocycles. The van der Waals surface area contributed by atoms with Crippen LogP contribution in [-0.2, 0) is 6.54 Å². The minimum atomic E-state index is -0.259. The molecule has 0 aliphatic carbocycles. The Labute approximate surface area is 111 Å². The summed E-state index contributed by atoms with van der Waals surface area (Å²) in [6, 6.07) is 6.23. The number of hydrogen-bond donors (Lipinski definition) is 2. The number of benzene rings is 1. The minimum Gasteiger partial charge on any atom is -0.368 e. The van der Waals surface area contributed by atoms with Gasteiger partial charge < -0.3 is 11.1 Å². The van der Waals surface area contributed by atoms with E-state index in [1.807, 2.05) is 20.8 Å². The number of halogens is 1. The Hall–Kier alpha value is -2.11. The van der Waals surface area contributed by atoms with Gasteiger partial charge in [0, 0.05) is 5.54 Å². The van der Waals surface area contributed by atoms with E-state index in [2.05, 4.69) is 15.4 Å². The predicted molar refractivity (Wildman–Crippen MR) is 73.3 cm³/mol. The molecule has 0 fully saturated rings. The van der Waals surface area contributed by atoms with Crippen molar-refractivity contribution < 1.29 is 4.39 Å². The van der Waals surface area contributed by atoms with Gasteiger partial charge in [0.25, 0.3) is 0 Å². The van der Waals surface area contributed by atoms with E-state index in [4.69, 9.17) is 5.73 Å². The molecule has 102 valence electrons. The Balaban J connectivity index is 2.15. The van der Waals surface area contributed by atoms with E-state index in [-0.39, 0.29) is 11.4 Å². The summed E-state index contributed by atoms with van der Waals surface area (Å²) in [5.74, 6) is 0.564. The topological polar surface area (TPSA) is 68.8 Å². The van der Waals surface area contributed by atoms with Crippen LogP contribution in [0.15, 0.2) is 24.3 Å². The molecule has 0 bridgehead atoms. The van der Waals surface area contributed by atoms with Crippen LogP contribution in [0, 0.1) is 5.82 Å². The van der Waals surface area contributed by atoms with Crippen LogP contribution in [0.5, 0.6) is 0 Å². The summed E-state index contributed by atoms with van der Waals surface area (Å²) in [6.45, 7) is 6.52. The van der Waals surface area contributed by atoms with Crippen LogP contribution >= 0.6 is 0 Å². The van der Waals surface area contributed by atoms with Gasteiger partial charge in [0.15, 0.2) is 0 Å². The summed E-state index contributed by atoms with van der Waals surface area (Å²) < 4.78 is 14.4. The van der Waals surface area contributed by atoms with Crippen LogP contribution in [0.2, 0.25) is 0 Å². The molecule has 2 rings (SSSR count). The predicted octanol–water partition coefficient (Wildman–Crippen LogP) is 2.26. The van der Waals surface area contributed by atoms with E-state index in [1.54, 1.807) is 16.8 Å². The van der Waals surface area contributed by atoms with Crippen molar-refractivity contribution >= 4 is 11.9 Å². The molecule has 0 unspecified atom stereocenters. The van der Waals surface area contributed by atoms with Crippen LogP contribution in [0.1, 0.15) is 26.3 Å². The molecule has 0 aliphatic rings. The zero-order valence-electron chi connectivity index (χ0n) is 11.3. The van der Waals surface area contributed by atoms with Gasteiger partial charge in [0.05, 0.1) is 6.54 Å². The Morgan fingerprint density at radius 1 is 1.26 bits per heavy atom. The third-order valence-corrected chi connectivity index (χ3v) is 2.43. The smallest absolute Gasteiger partial charge is 0.244 e. The molecule has 0 saturated heterocycles. The van der Waals surface area contributed by atoms with Crippen molar-refractivity contribution in [2.75, 3.05) is 11.1 Å². The second kappa shape index (κ2) is 4.87. The number of nitrogens with two attached hydrogens (primary N) is 1. The maximum Gasteiger partial charge on any atom is 0.244 e. The summed E-state index contributed by atoms with van der Waals surface area (Å²) in [5, 5.41) is 7.44. The van der Waals surface area contributed by atoms with Crippen molar-refractivity contribution in [1.82, 2.24) is 14.8 Å². The Kier molecular flexibility index (Phi) is 3.42. The van der Waals surface area contributed by atoms with Crippen LogP contribution < -0.4 is 11.1 Å². The fraction of sp³-hybridized carbons (Fsp3) is 0.385. The first-order chi connectivity index (χ1) is 8.83. The van der Waals surface area contributed by atoms with Gasteiger partial charge in [-0.05, 0) is 38.5 Å². The van der Waals surface area contributed by atoms with E-state index in [1.165, 1.54) is 12.1 Å². The Morgan fingerprint density at radius 3 is 2.47 bits per heavy atom. The molecule has 0 amide bonds. The number of hydrogen-bond acceptors (Lipinski definition) is 4. The normalized spacial score (nSPS) is 11.6. The molecule has 19 heavy (non-hydrogen) atoms. The summed E-state index contributed by atoms with van der Waals surface area (Å²) in [5.41, 5.74) is 6.60. The van der Waals surface area contributed by atoms with Gasteiger partial charge in [-0.15, -0.1) is 5.10 Å². The van der Waals surface area contributed by atoms with Gasteiger partial charge in [0.1, 0.15) is 5.82 Å². The fourth-order valence-corrected chi connectivity index (χ4v) is 1.62. The van der Waals surface area contributed by atoms with E-state index in [9.17, 15) is 4.39 Å². The van der Waals surface area contributed by atoms with Gasteiger partial charge in [0.2, 0.25) is 11.9 Å². The molecule has 6 heteroatoms. The maximum absolute atomic E-state index is 12.8. The van der Waals surface area contributed by atoms with Crippen molar-refractivity contribution in [2.24, 2.45) is 0 Å². The van der Waals surface area contributed by atoms with Gasteiger partial charge >= 0.3 is 0 Å². The van der Waals surface area contributed by atoms with E-state index >= 15 is 0 Å². The summed E-state index contributed by atoms with van der Waals surface area (Å²) >= 11 is 0. The standard InChI is InChI=1S/C13H18FN5/c1-13(2,3)17-12-16-11(15)19(18-12)8-9-4-6-10(14)7-5-9/h4-7H,8H2,1-3H3,(H3,15,16,17,18). The van der Waals surface area contributed by atoms with Crippen molar-refractivity contribution in [3.63, 3.8) is 0 Å². The zero-order valence-corrected chi connectivity index (χ0v) is 11.3. The lowest BCUT2D eigenvalue weighted by Crippen LogP contribution is -2.26. The van der Waals surface area contributed by atoms with Gasteiger partial charge in [-0.2, -0.15) is 4.98 Å². The first-order valence-corrected chi connectivity index (χ1v) is 6.06. The molecule has 0 saturated carbocycles. The van der Waals surface area contributed by atoms with E-state index < -0.39 is 0 Å². The molecular weight excluding hydrogens is 245 g/mol. The maximum atomic E-state index is 12.8. The van der Waals surface area contributed by atoms with E-state index in [0.29, 0.717) is 18.4 Å². The lowest BCUT2D eigenvalue weighted by Gasteiger charge is -2.18. The van der Waals surface area contributed by atoms with Crippen molar-refractivity contribution in [1.29, 1.82) is 0 Å². The molecule has 0 spiro atoms. The lowest BCUT2D eigenvalue weighted by molar-refractivity contribution is 0.617. The average Bonchev–Trinajstić information content (AvgIpc) is 2.60. The molecule has 2 aromatic rings. The van der Waals surface area contributed by atoms with Crippen LogP contribution in [-0.4, -0.2) is 20.3 Å². The third-order valence-electron chi connectivity index (χ3n) is 2.43. The van der Waals surface area contributed by atoms with E-state index in [0.717, 1.165) is 5.56 Å². The number of rotatable bonds is 3. The Morgan fingerprint density at radius 2 is 1.89 bits per heavy atom. The molecule has 1 aromatic heterocycles. The van der Waals surface area contributed by atoms with Crippen LogP contribution in [0.25, 0.3) is 0 Å². The average molecular weight is 263 g/mol. The van der Waals surface area contributed by atoms with Crippen molar-refractivity contribution in [2.45, 2.75) is 32.9 Å². The summed E-state index contributed by atoms with van der Waals surface area (Å²) in [7, 11) is 0. The highest BCUT2D eigenvalue weighted by atomic mass is 19.1. The molecule has 5 nitrogen and oxygen atoms in total. The van der Waals surface area contributed by atoms with Gasteiger partial charge in [-0.3, -0.25) is 0 Å². The second-order valence-corrected chi connectivity index (χ2v) is 5.45. The largest absolute Gasteiger partial charge is 0.368 e. The minimum absolute atomic E-state index is 0.130. The summed E-state index contributed by atoms with van der Waals surface area (Å²) in [4.78, 5) is 4.15. The molecule has 1 aromatic carbocycles. The molecule has 1 heterocycles. The molecular formula is C13H18FN5. The summed E-state index contributed by atoms with van der Waals surface area (Å²) in [6.07, 6.45) is 0. The third kappa shape index (κ3) is 3.67. The first-order valence-electron chi connectivity index (χ1n) is 6.06. The first kappa shape index (κ1) is 13.3. The fourth-order valence-electron chi connectivity index (χ4n) is 1.62. The zero-order chi connectivity index (χ0) is 14.0. The second-order valence-electron chi connectivity index (χ2n) is 5.45. The highest BCUT2D eigenvalue weighted by Crippen LogP contribution is 2.13. The Bertz CT molecular complexity index is 553. The molecule has 3 N–H and O–H groups in total. The number of anilines is 2.